The van der Waals surface area contributed by atoms with Gasteiger partial charge in [-0.3, -0.25) is 0 Å². The van der Waals surface area contributed by atoms with Crippen LogP contribution in [0.1, 0.15) is 29.5 Å². The van der Waals surface area contributed by atoms with E-state index in [-0.39, 0.29) is 18.5 Å². The van der Waals surface area contributed by atoms with E-state index in [0.717, 1.165) is 42.6 Å². The van der Waals surface area contributed by atoms with Gasteiger partial charge in [0.1, 0.15) is 18.5 Å². The molecule has 0 amide bonds. The molecule has 3 rings (SSSR count). The molecule has 31 heavy (non-hydrogen) atoms. The number of β-amino-alcohol motifs (C(OH)–C–C–N with tert-alkyl or cyclic N) is 1. The molecule has 1 fully saturated rings. The fraction of sp³-hybridized carbons (Fsp3) is 0.500. The highest BCUT2D eigenvalue weighted by atomic mass is 19.1. The van der Waals surface area contributed by atoms with Gasteiger partial charge >= 0.3 is 0 Å². The first-order valence-electron chi connectivity index (χ1n) is 10.8. The van der Waals surface area contributed by atoms with Gasteiger partial charge in [0.05, 0.1) is 13.2 Å². The van der Waals surface area contributed by atoms with Crippen LogP contribution in [0.25, 0.3) is 0 Å². The molecule has 0 unspecified atom stereocenters. The average molecular weight is 433 g/mol. The summed E-state index contributed by atoms with van der Waals surface area (Å²) in [7, 11) is 1.59. The zero-order valence-corrected chi connectivity index (χ0v) is 18.3. The molecule has 170 valence electrons. The normalized spacial score (nSPS) is 16.3. The van der Waals surface area contributed by atoms with Gasteiger partial charge in [-0.1, -0.05) is 12.1 Å². The van der Waals surface area contributed by atoms with Crippen LogP contribution in [0.15, 0.2) is 36.4 Å². The molecule has 1 atom stereocenters. The van der Waals surface area contributed by atoms with E-state index in [4.69, 9.17) is 9.47 Å². The number of methoxy groups -OCH3 is 1. The number of aliphatic hydroxyl groups excluding tert-OH is 2. The lowest BCUT2D eigenvalue weighted by atomic mass is 10.1. The van der Waals surface area contributed by atoms with Crippen LogP contribution in [0.5, 0.6) is 11.5 Å². The number of hydrogen-bond acceptors (Lipinski definition) is 6. The summed E-state index contributed by atoms with van der Waals surface area (Å²) in [4.78, 5) is 2.15. The number of benzene rings is 2. The molecule has 0 aliphatic carbocycles. The molecule has 0 bridgehead atoms. The molecule has 7 heteroatoms. The standard InChI is InChI=1S/C24H33FN2O4/c1-17-3-5-20(25)12-19(17)14-26-13-18-4-6-23(24(11-18)30-2)31-16-22(29)15-27-9-7-21(28)8-10-27/h3-6,11-12,21-22,26,28-29H,7-10,13-16H2,1-2H3/t22-/m1/s1. The van der Waals surface area contributed by atoms with E-state index >= 15 is 0 Å². The number of halogens is 1. The van der Waals surface area contributed by atoms with Crippen molar-refractivity contribution in [1.29, 1.82) is 0 Å². The topological polar surface area (TPSA) is 74.2 Å². The van der Waals surface area contributed by atoms with Crippen LogP contribution in [0.4, 0.5) is 4.39 Å². The Hall–Kier alpha value is -2.19. The number of aryl methyl sites for hydroxylation is 1. The van der Waals surface area contributed by atoms with Gasteiger partial charge in [-0.2, -0.15) is 0 Å². The number of ether oxygens (including phenoxy) is 2. The Bertz CT molecular complexity index is 840. The minimum absolute atomic E-state index is 0.172. The quantitative estimate of drug-likeness (QED) is 0.536. The van der Waals surface area contributed by atoms with Gasteiger partial charge in [0, 0.05) is 32.7 Å². The lowest BCUT2D eigenvalue weighted by Gasteiger charge is -2.30. The molecular formula is C24H33FN2O4. The van der Waals surface area contributed by atoms with Crippen molar-refractivity contribution in [3.63, 3.8) is 0 Å². The molecule has 0 radical (unpaired) electrons. The van der Waals surface area contributed by atoms with E-state index in [1.54, 1.807) is 19.2 Å². The van der Waals surface area contributed by atoms with E-state index in [9.17, 15) is 14.6 Å². The summed E-state index contributed by atoms with van der Waals surface area (Å²) >= 11 is 0. The predicted molar refractivity (Wildman–Crippen MR) is 118 cm³/mol. The van der Waals surface area contributed by atoms with E-state index in [0.29, 0.717) is 31.1 Å². The van der Waals surface area contributed by atoms with Crippen molar-refractivity contribution >= 4 is 0 Å². The molecule has 1 aliphatic rings. The van der Waals surface area contributed by atoms with E-state index in [2.05, 4.69) is 10.2 Å². The Kier molecular flexibility index (Phi) is 8.66. The Morgan fingerprint density at radius 2 is 1.90 bits per heavy atom. The van der Waals surface area contributed by atoms with Crippen molar-refractivity contribution in [3.8, 4) is 11.5 Å². The highest BCUT2D eigenvalue weighted by Crippen LogP contribution is 2.28. The largest absolute Gasteiger partial charge is 0.493 e. The van der Waals surface area contributed by atoms with Crippen LogP contribution < -0.4 is 14.8 Å². The van der Waals surface area contributed by atoms with Crippen LogP contribution in [0, 0.1) is 12.7 Å². The van der Waals surface area contributed by atoms with Gasteiger partial charge in [-0.25, -0.2) is 4.39 Å². The first-order valence-corrected chi connectivity index (χ1v) is 10.8. The summed E-state index contributed by atoms with van der Waals surface area (Å²) in [6.07, 6.45) is 0.654. The van der Waals surface area contributed by atoms with Gasteiger partial charge in [0.2, 0.25) is 0 Å². The maximum Gasteiger partial charge on any atom is 0.161 e. The maximum absolute atomic E-state index is 13.4. The van der Waals surface area contributed by atoms with E-state index < -0.39 is 6.10 Å². The van der Waals surface area contributed by atoms with Crippen molar-refractivity contribution in [3.05, 3.63) is 58.9 Å². The number of nitrogens with zero attached hydrogens (tertiary/aromatic N) is 1. The van der Waals surface area contributed by atoms with E-state index in [1.807, 2.05) is 25.1 Å². The summed E-state index contributed by atoms with van der Waals surface area (Å²) in [5.41, 5.74) is 3.00. The van der Waals surface area contributed by atoms with Crippen molar-refractivity contribution in [2.24, 2.45) is 0 Å². The zero-order valence-electron chi connectivity index (χ0n) is 18.3. The van der Waals surface area contributed by atoms with Crippen molar-refractivity contribution in [2.45, 2.75) is 45.1 Å². The Balaban J connectivity index is 1.48. The van der Waals surface area contributed by atoms with Crippen LogP contribution in [-0.4, -0.2) is 60.7 Å². The predicted octanol–water partition coefficient (Wildman–Crippen LogP) is 2.63. The number of rotatable bonds is 10. The second-order valence-corrected chi connectivity index (χ2v) is 8.16. The third-order valence-corrected chi connectivity index (χ3v) is 5.64. The second-order valence-electron chi connectivity index (χ2n) is 8.16. The zero-order chi connectivity index (χ0) is 22.2. The van der Waals surface area contributed by atoms with Gasteiger partial charge in [-0.05, 0) is 60.7 Å². The molecule has 1 heterocycles. The Labute approximate surface area is 183 Å². The third-order valence-electron chi connectivity index (χ3n) is 5.64. The second kappa shape index (κ2) is 11.4. The minimum Gasteiger partial charge on any atom is -0.493 e. The lowest BCUT2D eigenvalue weighted by Crippen LogP contribution is -2.41. The molecule has 1 aliphatic heterocycles. The fourth-order valence-corrected chi connectivity index (χ4v) is 3.75. The molecule has 3 N–H and O–H groups in total. The highest BCUT2D eigenvalue weighted by Gasteiger charge is 2.20. The number of piperidine rings is 1. The number of likely N-dealkylation sites (tertiary alicyclic amines) is 1. The van der Waals surface area contributed by atoms with Gasteiger partial charge < -0.3 is 29.9 Å². The Morgan fingerprint density at radius 1 is 1.13 bits per heavy atom. The molecule has 2 aromatic carbocycles. The number of aliphatic hydroxyl groups is 2. The van der Waals surface area contributed by atoms with Crippen LogP contribution in [0.2, 0.25) is 0 Å². The van der Waals surface area contributed by atoms with Crippen molar-refractivity contribution in [1.82, 2.24) is 10.2 Å². The van der Waals surface area contributed by atoms with Crippen molar-refractivity contribution in [2.75, 3.05) is 33.4 Å². The van der Waals surface area contributed by atoms with E-state index in [1.165, 1.54) is 6.07 Å². The number of nitrogens with one attached hydrogen (secondary N) is 1. The Morgan fingerprint density at radius 3 is 2.65 bits per heavy atom. The van der Waals surface area contributed by atoms with Gasteiger partial charge in [0.15, 0.2) is 11.5 Å². The van der Waals surface area contributed by atoms with Crippen LogP contribution in [0.3, 0.4) is 0 Å². The summed E-state index contributed by atoms with van der Waals surface area (Å²) in [6, 6.07) is 10.5. The molecular weight excluding hydrogens is 399 g/mol. The molecule has 6 nitrogen and oxygen atoms in total. The summed E-state index contributed by atoms with van der Waals surface area (Å²) < 4.78 is 24.7. The number of hydrogen-bond donors (Lipinski definition) is 3. The molecule has 0 aromatic heterocycles. The maximum atomic E-state index is 13.4. The van der Waals surface area contributed by atoms with Gasteiger partial charge in [0.25, 0.3) is 0 Å². The first kappa shape index (κ1) is 23.5. The monoisotopic (exact) mass is 432 g/mol. The molecule has 0 spiro atoms. The van der Waals surface area contributed by atoms with Crippen LogP contribution >= 0.6 is 0 Å². The first-order chi connectivity index (χ1) is 14.9. The summed E-state index contributed by atoms with van der Waals surface area (Å²) in [6.45, 7) is 5.42. The smallest absolute Gasteiger partial charge is 0.161 e. The summed E-state index contributed by atoms with van der Waals surface area (Å²) in [5, 5.41) is 23.2. The minimum atomic E-state index is -0.615. The highest BCUT2D eigenvalue weighted by molar-refractivity contribution is 5.43. The lowest BCUT2D eigenvalue weighted by molar-refractivity contribution is 0.0333. The summed E-state index contributed by atoms with van der Waals surface area (Å²) in [5.74, 6) is 0.959. The molecule has 2 aromatic rings. The molecule has 0 saturated carbocycles. The molecule has 1 saturated heterocycles. The average Bonchev–Trinajstić information content (AvgIpc) is 2.76. The fourth-order valence-electron chi connectivity index (χ4n) is 3.75. The third kappa shape index (κ3) is 7.18. The van der Waals surface area contributed by atoms with Gasteiger partial charge in [-0.15, -0.1) is 0 Å². The SMILES string of the molecule is COc1cc(CNCc2cc(F)ccc2C)ccc1OC[C@H](O)CN1CCC(O)CC1. The van der Waals surface area contributed by atoms with Crippen molar-refractivity contribution < 1.29 is 24.1 Å². The van der Waals surface area contributed by atoms with Crippen LogP contribution in [-0.2, 0) is 13.1 Å².